The minimum absolute atomic E-state index is 0.00923. The quantitative estimate of drug-likeness (QED) is 0.281. The highest BCUT2D eigenvalue weighted by molar-refractivity contribution is 5.97. The van der Waals surface area contributed by atoms with E-state index in [2.05, 4.69) is 5.73 Å². The van der Waals surface area contributed by atoms with Gasteiger partial charge in [0.2, 0.25) is 5.91 Å². The fourth-order valence-corrected chi connectivity index (χ4v) is 3.65. The molecule has 7 nitrogen and oxygen atoms in total. The van der Waals surface area contributed by atoms with Crippen molar-refractivity contribution in [1.29, 1.82) is 0 Å². The molecule has 35 heavy (non-hydrogen) atoms. The van der Waals surface area contributed by atoms with Crippen LogP contribution in [0.15, 0.2) is 72.8 Å². The van der Waals surface area contributed by atoms with Crippen LogP contribution in [0, 0.1) is 5.82 Å². The molecular weight excluding hydrogens is 459 g/mol. The van der Waals surface area contributed by atoms with E-state index in [1.165, 1.54) is 17.1 Å². The number of anilines is 4. The number of primary amides is 1. The zero-order chi connectivity index (χ0) is 25.8. The molecule has 1 unspecified atom stereocenters. The van der Waals surface area contributed by atoms with Crippen molar-refractivity contribution < 1.29 is 22.8 Å². The molecule has 6 N–H and O–H groups in total. The van der Waals surface area contributed by atoms with Crippen LogP contribution in [0.25, 0.3) is 0 Å². The molecule has 1 heterocycles. The molecule has 1 atom stereocenters. The van der Waals surface area contributed by atoms with Gasteiger partial charge >= 0.3 is 5.92 Å². The third-order valence-corrected chi connectivity index (χ3v) is 5.48. The van der Waals surface area contributed by atoms with Crippen molar-refractivity contribution in [2.45, 2.75) is 31.7 Å². The summed E-state index contributed by atoms with van der Waals surface area (Å²) in [5, 5.41) is 1.40. The number of carbonyl (C=O) groups is 2. The molecule has 2 amide bonds. The summed E-state index contributed by atoms with van der Waals surface area (Å²) in [5.41, 5.74) is 13.9. The van der Waals surface area contributed by atoms with E-state index in [0.717, 1.165) is 17.7 Å². The molecule has 4 rings (SSSR count). The van der Waals surface area contributed by atoms with Gasteiger partial charge in [-0.05, 0) is 54.4 Å². The minimum atomic E-state index is -3.36. The standard InChI is InChI=1S/C22H21FN4O.C3H5F2NO/c23-16-6-8-17(9-7-16)27(25)21-11-10-18(14-19(21)24)26-20(12-13-22(26)28)15-4-2-1-3-5-15;1-3(4,5)2(6)7/h1-11,14,20H,12-13,24-25H2;1H3,(H2,6,7). The lowest BCUT2D eigenvalue weighted by Gasteiger charge is -2.27. The van der Waals surface area contributed by atoms with Crippen LogP contribution in [0.1, 0.15) is 31.4 Å². The molecule has 10 heteroatoms. The smallest absolute Gasteiger partial charge is 0.321 e. The first-order valence-electron chi connectivity index (χ1n) is 10.7. The molecule has 0 aromatic heterocycles. The molecule has 0 aliphatic carbocycles. The Balaban J connectivity index is 0.000000429. The maximum atomic E-state index is 13.1. The van der Waals surface area contributed by atoms with Crippen molar-refractivity contribution in [3.63, 3.8) is 0 Å². The van der Waals surface area contributed by atoms with Crippen molar-refractivity contribution in [3.8, 4) is 0 Å². The zero-order valence-electron chi connectivity index (χ0n) is 19.0. The summed E-state index contributed by atoms with van der Waals surface area (Å²) >= 11 is 0. The van der Waals surface area contributed by atoms with Crippen LogP contribution >= 0.6 is 0 Å². The zero-order valence-corrected chi connectivity index (χ0v) is 19.0. The molecular formula is C25H26F3N5O2. The van der Waals surface area contributed by atoms with Gasteiger partial charge in [-0.15, -0.1) is 0 Å². The van der Waals surface area contributed by atoms with Crippen LogP contribution in [-0.4, -0.2) is 17.7 Å². The largest absolute Gasteiger partial charge is 0.397 e. The summed E-state index contributed by atoms with van der Waals surface area (Å²) in [5.74, 6) is 0.955. The van der Waals surface area contributed by atoms with Crippen molar-refractivity contribution in [3.05, 3.63) is 84.2 Å². The Bertz CT molecular complexity index is 1180. The van der Waals surface area contributed by atoms with Crippen molar-refractivity contribution >= 4 is 34.6 Å². The van der Waals surface area contributed by atoms with Gasteiger partial charge in [0.15, 0.2) is 0 Å². The Morgan fingerprint density at radius 2 is 1.66 bits per heavy atom. The average Bonchev–Trinajstić information content (AvgIpc) is 3.21. The van der Waals surface area contributed by atoms with Crippen LogP contribution in [-0.2, 0) is 9.59 Å². The van der Waals surface area contributed by atoms with Gasteiger partial charge in [0.05, 0.1) is 23.1 Å². The normalized spacial score (nSPS) is 15.4. The molecule has 0 bridgehead atoms. The summed E-state index contributed by atoms with van der Waals surface area (Å²) in [6, 6.07) is 21.2. The lowest BCUT2D eigenvalue weighted by atomic mass is 10.0. The number of hydrogen-bond donors (Lipinski definition) is 3. The van der Waals surface area contributed by atoms with Gasteiger partial charge in [-0.2, -0.15) is 8.78 Å². The Kier molecular flexibility index (Phi) is 7.65. The van der Waals surface area contributed by atoms with E-state index in [9.17, 15) is 22.8 Å². The number of nitrogens with two attached hydrogens (primary N) is 3. The highest BCUT2D eigenvalue weighted by Gasteiger charge is 2.33. The number of hydrazine groups is 1. The Morgan fingerprint density at radius 1 is 1.06 bits per heavy atom. The number of benzene rings is 3. The van der Waals surface area contributed by atoms with Gasteiger partial charge in [-0.25, -0.2) is 10.2 Å². The van der Waals surface area contributed by atoms with E-state index in [0.29, 0.717) is 30.4 Å². The van der Waals surface area contributed by atoms with Crippen LogP contribution in [0.3, 0.4) is 0 Å². The number of alkyl halides is 2. The minimum Gasteiger partial charge on any atom is -0.397 e. The van der Waals surface area contributed by atoms with E-state index in [-0.39, 0.29) is 17.8 Å². The number of nitrogens with zero attached hydrogens (tertiary/aromatic N) is 2. The van der Waals surface area contributed by atoms with Gasteiger partial charge in [0.25, 0.3) is 5.91 Å². The van der Waals surface area contributed by atoms with Crippen LogP contribution in [0.5, 0.6) is 0 Å². The summed E-state index contributed by atoms with van der Waals surface area (Å²) in [4.78, 5) is 23.8. The molecule has 1 aliphatic rings. The van der Waals surface area contributed by atoms with Crippen molar-refractivity contribution in [2.75, 3.05) is 15.6 Å². The first-order chi connectivity index (χ1) is 16.5. The maximum Gasteiger partial charge on any atom is 0.321 e. The first kappa shape index (κ1) is 25.6. The van der Waals surface area contributed by atoms with Crippen LogP contribution in [0.2, 0.25) is 0 Å². The monoisotopic (exact) mass is 485 g/mol. The number of rotatable bonds is 5. The fourth-order valence-electron chi connectivity index (χ4n) is 3.65. The lowest BCUT2D eigenvalue weighted by Crippen LogP contribution is -2.31. The molecule has 0 saturated carbocycles. The second-order valence-electron chi connectivity index (χ2n) is 8.07. The summed E-state index contributed by atoms with van der Waals surface area (Å²) in [7, 11) is 0. The van der Waals surface area contributed by atoms with Crippen molar-refractivity contribution in [2.24, 2.45) is 11.6 Å². The third-order valence-electron chi connectivity index (χ3n) is 5.48. The number of nitrogen functional groups attached to an aromatic ring is 1. The lowest BCUT2D eigenvalue weighted by molar-refractivity contribution is -0.139. The Morgan fingerprint density at radius 3 is 2.20 bits per heavy atom. The molecule has 3 aromatic carbocycles. The highest BCUT2D eigenvalue weighted by atomic mass is 19.3. The second kappa shape index (κ2) is 10.5. The van der Waals surface area contributed by atoms with Gasteiger partial charge in [0.1, 0.15) is 5.82 Å². The molecule has 0 radical (unpaired) electrons. The molecule has 1 saturated heterocycles. The van der Waals surface area contributed by atoms with Crippen LogP contribution < -0.4 is 27.2 Å². The van der Waals surface area contributed by atoms with E-state index in [4.69, 9.17) is 11.6 Å². The molecule has 184 valence electrons. The predicted octanol–water partition coefficient (Wildman–Crippen LogP) is 4.41. The van der Waals surface area contributed by atoms with E-state index >= 15 is 0 Å². The Hall–Kier alpha value is -4.05. The van der Waals surface area contributed by atoms with Gasteiger partial charge in [-0.3, -0.25) is 14.6 Å². The average molecular weight is 486 g/mol. The van der Waals surface area contributed by atoms with Crippen LogP contribution in [0.4, 0.5) is 35.9 Å². The molecule has 0 spiro atoms. The fraction of sp³-hybridized carbons (Fsp3) is 0.200. The van der Waals surface area contributed by atoms with Crippen molar-refractivity contribution in [1.82, 2.24) is 0 Å². The van der Waals surface area contributed by atoms with E-state index in [1.54, 1.807) is 29.2 Å². The number of amides is 2. The van der Waals surface area contributed by atoms with Gasteiger partial charge in [0, 0.05) is 19.0 Å². The number of hydrogen-bond acceptors (Lipinski definition) is 5. The summed E-state index contributed by atoms with van der Waals surface area (Å²) in [6.45, 7) is 0.454. The van der Waals surface area contributed by atoms with E-state index in [1.807, 2.05) is 36.4 Å². The number of carbonyl (C=O) groups excluding carboxylic acids is 2. The highest BCUT2D eigenvalue weighted by Crippen LogP contribution is 2.39. The third kappa shape index (κ3) is 6.10. The summed E-state index contributed by atoms with van der Waals surface area (Å²) < 4.78 is 35.9. The predicted molar refractivity (Wildman–Crippen MR) is 129 cm³/mol. The molecule has 1 fully saturated rings. The van der Waals surface area contributed by atoms with E-state index < -0.39 is 11.8 Å². The SMILES string of the molecule is CC(F)(F)C(N)=O.Nc1cc(N2C(=O)CCC2c2ccccc2)ccc1N(N)c1ccc(F)cc1. The van der Waals surface area contributed by atoms with Gasteiger partial charge in [-0.1, -0.05) is 30.3 Å². The number of halogens is 3. The summed E-state index contributed by atoms with van der Waals surface area (Å²) in [6.07, 6.45) is 1.27. The maximum absolute atomic E-state index is 13.1. The topological polar surface area (TPSA) is 119 Å². The first-order valence-corrected chi connectivity index (χ1v) is 10.7. The van der Waals surface area contributed by atoms with Gasteiger partial charge < -0.3 is 16.4 Å². The second-order valence-corrected chi connectivity index (χ2v) is 8.07. The molecule has 3 aromatic rings. The molecule has 1 aliphatic heterocycles. The Labute approximate surface area is 200 Å².